The van der Waals surface area contributed by atoms with Crippen LogP contribution in [0.1, 0.15) is 25.8 Å². The molecule has 0 bridgehead atoms. The number of phosphoric acid groups is 3. The molecule has 1 fully saturated rings. The third-order valence-electron chi connectivity index (χ3n) is 4.11. The van der Waals surface area contributed by atoms with Crippen LogP contribution in [0.4, 0.5) is 0 Å². The van der Waals surface area contributed by atoms with Gasteiger partial charge in [0.25, 0.3) is 0 Å². The summed E-state index contributed by atoms with van der Waals surface area (Å²) in [7, 11) is -13.9. The Kier molecular flexibility index (Phi) is 12.7. The van der Waals surface area contributed by atoms with Crippen molar-refractivity contribution in [1.82, 2.24) is 14.5 Å². The van der Waals surface area contributed by atoms with Crippen LogP contribution in [0.2, 0.25) is 10.4 Å². The Labute approximate surface area is 207 Å². The fourth-order valence-electron chi connectivity index (χ4n) is 2.86. The molecule has 0 saturated heterocycles. The van der Waals surface area contributed by atoms with Gasteiger partial charge in [0, 0.05) is 12.2 Å². The maximum atomic E-state index is 10.2. The molecular formula is C14H22Cl2N3O13P3. The maximum Gasteiger partial charge on any atom is 0.466 e. The van der Waals surface area contributed by atoms with E-state index in [2.05, 4.69) is 15.9 Å². The first-order valence-electron chi connectivity index (χ1n) is 8.65. The molecule has 2 heterocycles. The summed E-state index contributed by atoms with van der Waals surface area (Å²) in [5.74, 6) is 2.70. The van der Waals surface area contributed by atoms with E-state index in [1.165, 1.54) is 0 Å². The van der Waals surface area contributed by atoms with E-state index in [-0.39, 0.29) is 11.3 Å². The normalized spacial score (nSPS) is 22.1. The fraction of sp³-hybridized carbons (Fsp3) is 0.429. The van der Waals surface area contributed by atoms with E-state index in [0.717, 1.165) is 5.39 Å². The molecule has 16 nitrogen and oxygen atoms in total. The average Bonchev–Trinajstić information content (AvgIpc) is 3.12. The lowest BCUT2D eigenvalue weighted by Gasteiger charge is -2.20. The third-order valence-corrected chi connectivity index (χ3v) is 4.57. The Bertz CT molecular complexity index is 1110. The van der Waals surface area contributed by atoms with Gasteiger partial charge >= 0.3 is 23.5 Å². The molecule has 0 radical (unpaired) electrons. The molecule has 2 aromatic heterocycles. The van der Waals surface area contributed by atoms with Crippen LogP contribution in [0, 0.1) is 17.8 Å². The topological polar surface area (TPSA) is 284 Å². The number of fused-ring (bicyclic) bond motifs is 1. The van der Waals surface area contributed by atoms with Gasteiger partial charge in [-0.3, -0.25) is 0 Å². The van der Waals surface area contributed by atoms with Crippen LogP contribution in [0.25, 0.3) is 11.0 Å². The lowest BCUT2D eigenvalue weighted by molar-refractivity contribution is 0.104. The van der Waals surface area contributed by atoms with Crippen LogP contribution >= 0.6 is 46.7 Å². The molecule has 3 rings (SSSR count). The number of aliphatic hydroxyl groups excluding tert-OH is 1. The number of hydrogen-bond donors (Lipinski definition) is 10. The second-order valence-electron chi connectivity index (χ2n) is 6.95. The molecule has 21 heteroatoms. The van der Waals surface area contributed by atoms with Gasteiger partial charge < -0.3 is 53.7 Å². The van der Waals surface area contributed by atoms with Gasteiger partial charge in [-0.2, -0.15) is 4.98 Å². The first kappa shape index (κ1) is 34.0. The van der Waals surface area contributed by atoms with E-state index in [4.69, 9.17) is 87.4 Å². The molecular weight excluding hydrogens is 582 g/mol. The molecule has 0 unspecified atom stereocenters. The van der Waals surface area contributed by atoms with Crippen molar-refractivity contribution in [3.8, 4) is 12.3 Å². The summed E-state index contributed by atoms with van der Waals surface area (Å²) in [4.78, 5) is 72.9. The van der Waals surface area contributed by atoms with Gasteiger partial charge in [0.1, 0.15) is 10.8 Å². The highest BCUT2D eigenvalue weighted by atomic mass is 35.5. The quantitative estimate of drug-likeness (QED) is 0.0906. The molecule has 1 aliphatic carbocycles. The number of halogens is 2. The van der Waals surface area contributed by atoms with Crippen molar-refractivity contribution in [3.05, 3.63) is 22.7 Å². The molecule has 0 aliphatic heterocycles. The van der Waals surface area contributed by atoms with Crippen LogP contribution in [0.15, 0.2) is 12.3 Å². The van der Waals surface area contributed by atoms with Crippen molar-refractivity contribution in [2.24, 2.45) is 5.41 Å². The highest BCUT2D eigenvalue weighted by Gasteiger charge is 2.42. The Hall–Kier alpha value is -0.950. The van der Waals surface area contributed by atoms with Crippen LogP contribution in [-0.2, 0) is 13.7 Å². The molecule has 1 saturated carbocycles. The number of aliphatic hydroxyl groups is 1. The molecule has 3 atom stereocenters. The molecule has 1 aliphatic rings. The first-order valence-corrected chi connectivity index (χ1v) is 14.1. The number of aromatic nitrogens is 3. The summed E-state index contributed by atoms with van der Waals surface area (Å²) in [5, 5.41) is 11.4. The summed E-state index contributed by atoms with van der Waals surface area (Å²) in [6.07, 6.45) is 8.19. The van der Waals surface area contributed by atoms with Gasteiger partial charge in [0.15, 0.2) is 0 Å². The minimum Gasteiger partial charge on any atom is -0.391 e. The van der Waals surface area contributed by atoms with Crippen molar-refractivity contribution < 1.29 is 62.8 Å². The molecule has 0 aromatic carbocycles. The Morgan fingerprint density at radius 1 is 1.00 bits per heavy atom. The Morgan fingerprint density at radius 3 is 1.80 bits per heavy atom. The lowest BCUT2D eigenvalue weighted by atomic mass is 9.88. The van der Waals surface area contributed by atoms with Crippen molar-refractivity contribution in [2.45, 2.75) is 31.9 Å². The van der Waals surface area contributed by atoms with Gasteiger partial charge in [-0.15, -0.1) is 6.42 Å². The number of rotatable bonds is 1. The van der Waals surface area contributed by atoms with Gasteiger partial charge in [0.2, 0.25) is 5.28 Å². The summed E-state index contributed by atoms with van der Waals surface area (Å²) in [6.45, 7) is 1.90. The maximum absolute atomic E-state index is 10.2. The highest BCUT2D eigenvalue weighted by Crippen LogP contribution is 2.45. The fourth-order valence-corrected chi connectivity index (χ4v) is 3.30. The standard InChI is InChI=1S/C14H13Cl2N3O.3H3O4P/c1-3-14(2)7-8(6-10(14)20)19-5-4-9-11(15)17-13(16)18-12(9)19;3*1-5(2,3)4/h1,4-5,8,10,20H,6-7H2,2H3;3*(H3,1,2,3,4)/t8-,10-,14+;;;/m1.../s1. The Balaban J connectivity index is 0.000000635. The van der Waals surface area contributed by atoms with Gasteiger partial charge in [-0.05, 0) is 37.4 Å². The molecule has 0 spiro atoms. The second kappa shape index (κ2) is 13.0. The van der Waals surface area contributed by atoms with Gasteiger partial charge in [0.05, 0.1) is 16.9 Å². The smallest absolute Gasteiger partial charge is 0.391 e. The van der Waals surface area contributed by atoms with Crippen LogP contribution in [0.3, 0.4) is 0 Å². The van der Waals surface area contributed by atoms with E-state index >= 15 is 0 Å². The lowest BCUT2D eigenvalue weighted by Crippen LogP contribution is -2.23. The summed E-state index contributed by atoms with van der Waals surface area (Å²) >= 11 is 11.9. The highest BCUT2D eigenvalue weighted by molar-refractivity contribution is 7.45. The van der Waals surface area contributed by atoms with Crippen molar-refractivity contribution in [3.63, 3.8) is 0 Å². The SMILES string of the molecule is C#C[C@@]1(C)C[C@H](n2ccc3c(Cl)nc(Cl)nc32)C[C@H]1O.O=P(O)(O)O.O=P(O)(O)O.O=P(O)(O)O. The largest absolute Gasteiger partial charge is 0.466 e. The molecule has 35 heavy (non-hydrogen) atoms. The van der Waals surface area contributed by atoms with E-state index in [1.807, 2.05) is 23.8 Å². The van der Waals surface area contributed by atoms with Crippen LogP contribution < -0.4 is 0 Å². The van der Waals surface area contributed by atoms with Crippen molar-refractivity contribution in [2.75, 3.05) is 0 Å². The molecule has 0 amide bonds. The number of terminal acetylenes is 1. The van der Waals surface area contributed by atoms with Crippen molar-refractivity contribution >= 4 is 57.7 Å². The monoisotopic (exact) mass is 603 g/mol. The molecule has 10 N–H and O–H groups in total. The average molecular weight is 604 g/mol. The molecule has 2 aromatic rings. The summed E-state index contributed by atoms with van der Waals surface area (Å²) in [6, 6.07) is 1.93. The molecule has 200 valence electrons. The number of nitrogens with zero attached hydrogens (tertiary/aromatic N) is 3. The zero-order chi connectivity index (χ0) is 28.0. The van der Waals surface area contributed by atoms with E-state index in [1.54, 1.807) is 0 Å². The zero-order valence-corrected chi connectivity index (χ0v) is 21.6. The summed E-state index contributed by atoms with van der Waals surface area (Å²) < 4.78 is 28.6. The minimum atomic E-state index is -4.64. The zero-order valence-electron chi connectivity index (χ0n) is 17.4. The van der Waals surface area contributed by atoms with Gasteiger partial charge in [-0.25, -0.2) is 18.7 Å². The summed E-state index contributed by atoms with van der Waals surface area (Å²) in [5.41, 5.74) is 0.162. The number of hydrogen-bond acceptors (Lipinski definition) is 6. The van der Waals surface area contributed by atoms with Crippen molar-refractivity contribution in [1.29, 1.82) is 0 Å². The van der Waals surface area contributed by atoms with E-state index in [0.29, 0.717) is 23.6 Å². The van der Waals surface area contributed by atoms with E-state index < -0.39 is 35.0 Å². The Morgan fingerprint density at radius 2 is 1.43 bits per heavy atom. The second-order valence-corrected chi connectivity index (χ2v) is 10.7. The first-order chi connectivity index (χ1) is 15.4. The third kappa shape index (κ3) is 15.0. The van der Waals surface area contributed by atoms with Crippen LogP contribution in [0.5, 0.6) is 0 Å². The minimum absolute atomic E-state index is 0.0746. The van der Waals surface area contributed by atoms with E-state index in [9.17, 15) is 5.11 Å². The predicted octanol–water partition coefficient (Wildman–Crippen LogP) is 0.288. The predicted molar refractivity (Wildman–Crippen MR) is 122 cm³/mol. The van der Waals surface area contributed by atoms with Gasteiger partial charge in [-0.1, -0.05) is 17.5 Å². The van der Waals surface area contributed by atoms with Crippen LogP contribution in [-0.4, -0.2) is 69.8 Å².